The van der Waals surface area contributed by atoms with E-state index in [2.05, 4.69) is 11.2 Å². The van der Waals surface area contributed by atoms with Crippen LogP contribution in [0.1, 0.15) is 44.0 Å². The SMILES string of the molecule is C#CCC[C@@H](NC(=O)OC(C)(C)C)C(=O)c1ccccc1. The Balaban J connectivity index is 2.79. The van der Waals surface area contributed by atoms with Crippen LogP contribution in [0.25, 0.3) is 0 Å². The number of rotatable bonds is 5. The molecule has 0 unspecified atom stereocenters. The number of alkyl carbamates (subject to hydrolysis) is 1. The number of carbonyl (C=O) groups is 2. The van der Waals surface area contributed by atoms with Crippen molar-refractivity contribution in [3.05, 3.63) is 35.9 Å². The van der Waals surface area contributed by atoms with Crippen LogP contribution in [-0.4, -0.2) is 23.5 Å². The van der Waals surface area contributed by atoms with Crippen molar-refractivity contribution in [3.8, 4) is 12.3 Å². The number of Topliss-reactive ketones (excluding diaryl/α,β-unsaturated/α-hetero) is 1. The highest BCUT2D eigenvalue weighted by molar-refractivity contribution is 6.01. The Bertz CT molecular complexity index is 523. The molecule has 4 heteroatoms. The number of ketones is 1. The summed E-state index contributed by atoms with van der Waals surface area (Å²) >= 11 is 0. The van der Waals surface area contributed by atoms with E-state index in [1.807, 2.05) is 6.07 Å². The van der Waals surface area contributed by atoms with Gasteiger partial charge in [0.15, 0.2) is 5.78 Å². The summed E-state index contributed by atoms with van der Waals surface area (Å²) in [5.74, 6) is 2.31. The van der Waals surface area contributed by atoms with Gasteiger partial charge in [0, 0.05) is 12.0 Å². The lowest BCUT2D eigenvalue weighted by Gasteiger charge is -2.23. The quantitative estimate of drug-likeness (QED) is 0.668. The first kappa shape index (κ1) is 16.8. The molecule has 1 rings (SSSR count). The van der Waals surface area contributed by atoms with Gasteiger partial charge >= 0.3 is 6.09 Å². The average Bonchev–Trinajstić information content (AvgIpc) is 2.41. The fourth-order valence-corrected chi connectivity index (χ4v) is 1.75. The second-order valence-corrected chi connectivity index (χ2v) is 5.67. The lowest BCUT2D eigenvalue weighted by atomic mass is 10.0. The van der Waals surface area contributed by atoms with E-state index < -0.39 is 17.7 Å². The molecule has 0 aliphatic heterocycles. The minimum Gasteiger partial charge on any atom is -0.444 e. The third-order valence-corrected chi connectivity index (χ3v) is 2.64. The molecule has 0 aromatic heterocycles. The van der Waals surface area contributed by atoms with Gasteiger partial charge in [-0.25, -0.2) is 4.79 Å². The molecule has 0 spiro atoms. The Kier molecular flexibility index (Phi) is 5.98. The van der Waals surface area contributed by atoms with Crippen molar-refractivity contribution >= 4 is 11.9 Å². The summed E-state index contributed by atoms with van der Waals surface area (Å²) in [4.78, 5) is 24.2. The minimum absolute atomic E-state index is 0.170. The second kappa shape index (κ2) is 7.49. The molecule has 0 aliphatic rings. The van der Waals surface area contributed by atoms with Crippen molar-refractivity contribution in [2.45, 2.75) is 45.3 Å². The summed E-state index contributed by atoms with van der Waals surface area (Å²) in [5.41, 5.74) is -0.0770. The number of amides is 1. The zero-order valence-electron chi connectivity index (χ0n) is 12.7. The van der Waals surface area contributed by atoms with Crippen LogP contribution in [0.2, 0.25) is 0 Å². The highest BCUT2D eigenvalue weighted by Crippen LogP contribution is 2.11. The molecule has 0 saturated carbocycles. The summed E-state index contributed by atoms with van der Waals surface area (Å²) in [6.07, 6.45) is 5.41. The molecule has 1 atom stereocenters. The smallest absolute Gasteiger partial charge is 0.408 e. The number of hydrogen-bond acceptors (Lipinski definition) is 3. The van der Waals surface area contributed by atoms with E-state index >= 15 is 0 Å². The molecular weight excluding hydrogens is 266 g/mol. The Labute approximate surface area is 125 Å². The van der Waals surface area contributed by atoms with Gasteiger partial charge in [-0.15, -0.1) is 12.3 Å². The molecule has 0 aliphatic carbocycles. The molecule has 0 heterocycles. The second-order valence-electron chi connectivity index (χ2n) is 5.67. The van der Waals surface area contributed by atoms with Gasteiger partial charge in [0.05, 0.1) is 6.04 Å². The fourth-order valence-electron chi connectivity index (χ4n) is 1.75. The lowest BCUT2D eigenvalue weighted by molar-refractivity contribution is 0.0489. The summed E-state index contributed by atoms with van der Waals surface area (Å²) in [5, 5.41) is 2.60. The van der Waals surface area contributed by atoms with Gasteiger partial charge in [-0.3, -0.25) is 4.79 Å². The van der Waals surface area contributed by atoms with Crippen molar-refractivity contribution in [2.75, 3.05) is 0 Å². The van der Waals surface area contributed by atoms with Crippen LogP contribution in [0.3, 0.4) is 0 Å². The van der Waals surface area contributed by atoms with Crippen molar-refractivity contribution in [1.29, 1.82) is 0 Å². The van der Waals surface area contributed by atoms with Crippen molar-refractivity contribution in [2.24, 2.45) is 0 Å². The number of hydrogen-bond donors (Lipinski definition) is 1. The third-order valence-electron chi connectivity index (χ3n) is 2.64. The monoisotopic (exact) mass is 287 g/mol. The molecule has 1 N–H and O–H groups in total. The Morgan fingerprint density at radius 1 is 1.29 bits per heavy atom. The molecule has 1 amide bonds. The van der Waals surface area contributed by atoms with Crippen molar-refractivity contribution in [1.82, 2.24) is 5.32 Å². The van der Waals surface area contributed by atoms with E-state index in [4.69, 9.17) is 11.2 Å². The van der Waals surface area contributed by atoms with E-state index in [9.17, 15) is 9.59 Å². The predicted octanol–water partition coefficient (Wildman–Crippen LogP) is 3.18. The van der Waals surface area contributed by atoms with Crippen molar-refractivity contribution in [3.63, 3.8) is 0 Å². The molecule has 1 aromatic carbocycles. The van der Waals surface area contributed by atoms with Gasteiger partial charge in [-0.05, 0) is 27.2 Å². The first-order valence-electron chi connectivity index (χ1n) is 6.86. The zero-order chi connectivity index (χ0) is 15.9. The number of ether oxygens (including phenoxy) is 1. The molecule has 4 nitrogen and oxygen atoms in total. The maximum atomic E-state index is 12.4. The summed E-state index contributed by atoms with van der Waals surface area (Å²) in [6.45, 7) is 5.30. The molecule has 21 heavy (non-hydrogen) atoms. The summed E-state index contributed by atoms with van der Waals surface area (Å²) in [7, 11) is 0. The molecule has 0 bridgehead atoms. The van der Waals surface area contributed by atoms with Gasteiger partial charge in [-0.2, -0.15) is 0 Å². The van der Waals surface area contributed by atoms with E-state index in [1.165, 1.54) is 0 Å². The van der Waals surface area contributed by atoms with Gasteiger partial charge in [0.2, 0.25) is 0 Å². The van der Waals surface area contributed by atoms with Gasteiger partial charge < -0.3 is 10.1 Å². The highest BCUT2D eigenvalue weighted by atomic mass is 16.6. The van der Waals surface area contributed by atoms with Gasteiger partial charge in [0.25, 0.3) is 0 Å². The number of carbonyl (C=O) groups excluding carboxylic acids is 2. The first-order valence-corrected chi connectivity index (χ1v) is 6.86. The van der Waals surface area contributed by atoms with Crippen LogP contribution in [0.4, 0.5) is 4.79 Å². The van der Waals surface area contributed by atoms with Crippen LogP contribution in [-0.2, 0) is 4.74 Å². The van der Waals surface area contributed by atoms with Crippen LogP contribution in [0, 0.1) is 12.3 Å². The Morgan fingerprint density at radius 2 is 1.90 bits per heavy atom. The number of nitrogens with one attached hydrogen (secondary N) is 1. The maximum absolute atomic E-state index is 12.4. The van der Waals surface area contributed by atoms with Crippen LogP contribution >= 0.6 is 0 Å². The van der Waals surface area contributed by atoms with E-state index in [0.717, 1.165) is 0 Å². The average molecular weight is 287 g/mol. The molecule has 112 valence electrons. The molecule has 0 radical (unpaired) electrons. The standard InChI is InChI=1S/C17H21NO3/c1-5-6-12-14(18-16(20)21-17(2,3)4)15(19)13-10-8-7-9-11-13/h1,7-11,14H,6,12H2,2-4H3,(H,18,20)/t14-/m1/s1. The van der Waals surface area contributed by atoms with Crippen molar-refractivity contribution < 1.29 is 14.3 Å². The van der Waals surface area contributed by atoms with E-state index in [1.54, 1.807) is 45.0 Å². The number of benzene rings is 1. The third kappa shape index (κ3) is 6.13. The normalized spacial score (nSPS) is 12.1. The first-order chi connectivity index (χ1) is 9.83. The van der Waals surface area contributed by atoms with E-state index in [-0.39, 0.29) is 5.78 Å². The molecular formula is C17H21NO3. The largest absolute Gasteiger partial charge is 0.444 e. The topological polar surface area (TPSA) is 55.4 Å². The van der Waals surface area contributed by atoms with Crippen LogP contribution in [0.5, 0.6) is 0 Å². The summed E-state index contributed by atoms with van der Waals surface area (Å²) < 4.78 is 5.18. The van der Waals surface area contributed by atoms with Crippen LogP contribution < -0.4 is 5.32 Å². The van der Waals surface area contributed by atoms with Crippen LogP contribution in [0.15, 0.2) is 30.3 Å². The zero-order valence-corrected chi connectivity index (χ0v) is 12.7. The van der Waals surface area contributed by atoms with E-state index in [0.29, 0.717) is 18.4 Å². The Hall–Kier alpha value is -2.28. The fraction of sp³-hybridized carbons (Fsp3) is 0.412. The lowest BCUT2D eigenvalue weighted by Crippen LogP contribution is -2.43. The highest BCUT2D eigenvalue weighted by Gasteiger charge is 2.24. The predicted molar refractivity (Wildman–Crippen MR) is 82.0 cm³/mol. The summed E-state index contributed by atoms with van der Waals surface area (Å²) in [6, 6.07) is 8.12. The van der Waals surface area contributed by atoms with Gasteiger partial charge in [0.1, 0.15) is 5.60 Å². The maximum Gasteiger partial charge on any atom is 0.408 e. The Morgan fingerprint density at radius 3 is 2.43 bits per heavy atom. The molecule has 0 fully saturated rings. The molecule has 0 saturated heterocycles. The van der Waals surface area contributed by atoms with Gasteiger partial charge in [-0.1, -0.05) is 30.3 Å². The minimum atomic E-state index is -0.682. The molecule has 1 aromatic rings. The number of terminal acetylenes is 1.